The second-order valence-electron chi connectivity index (χ2n) is 6.82. The van der Waals surface area contributed by atoms with E-state index >= 15 is 0 Å². The van der Waals surface area contributed by atoms with Crippen LogP contribution < -0.4 is 0 Å². The lowest BCUT2D eigenvalue weighted by atomic mass is 9.84. The second-order valence-corrected chi connectivity index (χ2v) is 6.82. The lowest BCUT2D eigenvalue weighted by Gasteiger charge is -2.24. The van der Waals surface area contributed by atoms with Crippen molar-refractivity contribution in [2.45, 2.75) is 51.9 Å². The Morgan fingerprint density at radius 3 is 2.83 bits per heavy atom. The van der Waals surface area contributed by atoms with Gasteiger partial charge in [-0.3, -0.25) is 0 Å². The quantitative estimate of drug-likeness (QED) is 0.339. The van der Waals surface area contributed by atoms with Crippen molar-refractivity contribution in [3.63, 3.8) is 0 Å². The zero-order valence-electron chi connectivity index (χ0n) is 13.3. The molecule has 1 fully saturated rings. The van der Waals surface area contributed by atoms with Crippen LogP contribution in [0.1, 0.15) is 39.5 Å². The van der Waals surface area contributed by atoms with Crippen molar-refractivity contribution in [2.75, 3.05) is 0 Å². The third-order valence-corrected chi connectivity index (χ3v) is 5.32. The Labute approximate surface area is 135 Å². The Kier molecular flexibility index (Phi) is 3.32. The molecule has 1 saturated heterocycles. The van der Waals surface area contributed by atoms with Crippen molar-refractivity contribution in [2.24, 2.45) is 11.8 Å². The summed E-state index contributed by atoms with van der Waals surface area (Å²) in [4.78, 5) is 23.5. The summed E-state index contributed by atoms with van der Waals surface area (Å²) in [7, 11) is 0. The van der Waals surface area contributed by atoms with E-state index in [9.17, 15) is 9.59 Å². The maximum atomic E-state index is 12.2. The highest BCUT2D eigenvalue weighted by Crippen LogP contribution is 2.50. The maximum absolute atomic E-state index is 12.2. The van der Waals surface area contributed by atoms with Crippen molar-refractivity contribution in [3.8, 4) is 0 Å². The van der Waals surface area contributed by atoms with Gasteiger partial charge in [0.05, 0.1) is 11.8 Å². The molecule has 2 heterocycles. The predicted molar refractivity (Wildman–Crippen MR) is 80.8 cm³/mol. The first kappa shape index (κ1) is 14.5. The molecule has 5 nitrogen and oxygen atoms in total. The van der Waals surface area contributed by atoms with E-state index in [1.165, 1.54) is 23.8 Å². The zero-order valence-corrected chi connectivity index (χ0v) is 13.3. The molecule has 4 rings (SSSR count). The number of carbonyl (C=O) groups excluding carboxylic acids is 2. The molecular formula is C18H20O5. The van der Waals surface area contributed by atoms with E-state index in [0.717, 1.165) is 19.3 Å². The summed E-state index contributed by atoms with van der Waals surface area (Å²) in [6.45, 7) is 3.89. The normalized spacial score (nSPS) is 37.5. The van der Waals surface area contributed by atoms with Gasteiger partial charge in [-0.2, -0.15) is 0 Å². The summed E-state index contributed by atoms with van der Waals surface area (Å²) in [6.07, 6.45) is 6.55. The van der Waals surface area contributed by atoms with Crippen LogP contribution in [0.4, 0.5) is 0 Å². The van der Waals surface area contributed by atoms with Gasteiger partial charge in [0.2, 0.25) is 0 Å². The highest BCUT2D eigenvalue weighted by Gasteiger charge is 2.49. The van der Waals surface area contributed by atoms with Crippen LogP contribution in [-0.4, -0.2) is 24.3 Å². The minimum Gasteiger partial charge on any atom is -0.458 e. The van der Waals surface area contributed by atoms with Crippen LogP contribution in [0, 0.1) is 11.8 Å². The minimum atomic E-state index is -0.746. The van der Waals surface area contributed by atoms with Gasteiger partial charge in [0.15, 0.2) is 0 Å². The summed E-state index contributed by atoms with van der Waals surface area (Å²) >= 11 is 0. The third-order valence-electron chi connectivity index (χ3n) is 5.32. The number of esters is 2. The molecule has 4 aliphatic rings. The van der Waals surface area contributed by atoms with E-state index < -0.39 is 6.29 Å². The number of allylic oxidation sites excluding steroid dienone is 1. The molecule has 23 heavy (non-hydrogen) atoms. The molecule has 0 saturated carbocycles. The molecule has 2 aliphatic carbocycles. The number of cyclic esters (lactones) is 1. The van der Waals surface area contributed by atoms with Gasteiger partial charge >= 0.3 is 11.9 Å². The standard InChI is InChI=1S/C18H20O5/c1-9-4-3-5-11-7-12-13(18(20)23-16(12)15(9)11)8-21-14-6-10(2)17(19)22-14/h6,8-9,12,14,16H,3-5,7H2,1-2H3/b13-8+/t9?,12-,14?,16+/m1/s1. The van der Waals surface area contributed by atoms with Gasteiger partial charge in [-0.05, 0) is 44.1 Å². The number of ether oxygens (including phenoxy) is 3. The smallest absolute Gasteiger partial charge is 0.338 e. The highest BCUT2D eigenvalue weighted by molar-refractivity contribution is 5.92. The first-order chi connectivity index (χ1) is 11.0. The number of carbonyl (C=O) groups is 2. The summed E-state index contributed by atoms with van der Waals surface area (Å²) in [5, 5.41) is 0. The lowest BCUT2D eigenvalue weighted by molar-refractivity contribution is -0.152. The summed E-state index contributed by atoms with van der Waals surface area (Å²) in [5.74, 6) is -0.153. The second kappa shape index (κ2) is 5.25. The van der Waals surface area contributed by atoms with E-state index in [2.05, 4.69) is 6.92 Å². The van der Waals surface area contributed by atoms with Crippen LogP contribution in [0.3, 0.4) is 0 Å². The minimum absolute atomic E-state index is 0.0511. The van der Waals surface area contributed by atoms with E-state index in [-0.39, 0.29) is 24.0 Å². The van der Waals surface area contributed by atoms with Crippen molar-refractivity contribution >= 4 is 11.9 Å². The Hall–Kier alpha value is -2.04. The average Bonchev–Trinajstić information content (AvgIpc) is 3.10. The van der Waals surface area contributed by atoms with E-state index in [0.29, 0.717) is 17.1 Å². The van der Waals surface area contributed by atoms with Crippen LogP contribution in [0.2, 0.25) is 0 Å². The monoisotopic (exact) mass is 316 g/mol. The summed E-state index contributed by atoms with van der Waals surface area (Å²) in [5.41, 5.74) is 3.87. The Morgan fingerprint density at radius 2 is 2.09 bits per heavy atom. The SMILES string of the molecule is CC1=CC(O/C=C2/C(=O)O[C@@H]3C4=C(CCCC4C)C[C@H]23)OC1=O. The molecule has 0 amide bonds. The van der Waals surface area contributed by atoms with Gasteiger partial charge in [0.1, 0.15) is 6.10 Å². The number of rotatable bonds is 2. The van der Waals surface area contributed by atoms with E-state index in [1.807, 2.05) is 0 Å². The van der Waals surface area contributed by atoms with Crippen LogP contribution in [0.25, 0.3) is 0 Å². The molecular weight excluding hydrogens is 296 g/mol. The first-order valence-electron chi connectivity index (χ1n) is 8.22. The average molecular weight is 316 g/mol. The number of fused-ring (bicyclic) bond motifs is 2. The number of hydrogen-bond donors (Lipinski definition) is 0. The van der Waals surface area contributed by atoms with Crippen LogP contribution in [0.5, 0.6) is 0 Å². The van der Waals surface area contributed by atoms with Gasteiger partial charge in [0.25, 0.3) is 6.29 Å². The number of hydrogen-bond acceptors (Lipinski definition) is 5. The molecule has 0 bridgehead atoms. The van der Waals surface area contributed by atoms with Crippen molar-refractivity contribution in [1.29, 1.82) is 0 Å². The topological polar surface area (TPSA) is 61.8 Å². The zero-order chi connectivity index (χ0) is 16.1. The van der Waals surface area contributed by atoms with Crippen LogP contribution >= 0.6 is 0 Å². The predicted octanol–water partition coefficient (Wildman–Crippen LogP) is 2.78. The van der Waals surface area contributed by atoms with Crippen LogP contribution in [-0.2, 0) is 23.8 Å². The fourth-order valence-electron chi connectivity index (χ4n) is 4.16. The van der Waals surface area contributed by atoms with Gasteiger partial charge < -0.3 is 14.2 Å². The molecule has 5 heteroatoms. The van der Waals surface area contributed by atoms with Crippen molar-refractivity contribution < 1.29 is 23.8 Å². The molecule has 0 N–H and O–H groups in total. The molecule has 0 aromatic rings. The third kappa shape index (κ3) is 2.30. The molecule has 0 aromatic heterocycles. The lowest BCUT2D eigenvalue weighted by Crippen LogP contribution is -2.19. The molecule has 2 aliphatic heterocycles. The highest BCUT2D eigenvalue weighted by atomic mass is 16.7. The van der Waals surface area contributed by atoms with Crippen molar-refractivity contribution in [3.05, 3.63) is 34.6 Å². The maximum Gasteiger partial charge on any atom is 0.338 e. The van der Waals surface area contributed by atoms with E-state index in [4.69, 9.17) is 14.2 Å². The fourth-order valence-corrected chi connectivity index (χ4v) is 4.16. The van der Waals surface area contributed by atoms with Gasteiger partial charge in [-0.1, -0.05) is 12.5 Å². The molecule has 0 spiro atoms. The molecule has 122 valence electrons. The van der Waals surface area contributed by atoms with Crippen molar-refractivity contribution in [1.82, 2.24) is 0 Å². The summed E-state index contributed by atoms with van der Waals surface area (Å²) < 4.78 is 16.1. The Bertz CT molecular complexity index is 669. The Balaban J connectivity index is 1.52. The first-order valence-corrected chi connectivity index (χ1v) is 8.22. The Morgan fingerprint density at radius 1 is 1.26 bits per heavy atom. The van der Waals surface area contributed by atoms with Crippen LogP contribution in [0.15, 0.2) is 34.6 Å². The molecule has 4 atom stereocenters. The largest absolute Gasteiger partial charge is 0.458 e. The van der Waals surface area contributed by atoms with Gasteiger partial charge in [-0.25, -0.2) is 9.59 Å². The fraction of sp³-hybridized carbons (Fsp3) is 0.556. The molecule has 2 unspecified atom stereocenters. The molecule has 0 radical (unpaired) electrons. The molecule has 0 aromatic carbocycles. The summed E-state index contributed by atoms with van der Waals surface area (Å²) in [6, 6.07) is 0. The van der Waals surface area contributed by atoms with E-state index in [1.54, 1.807) is 13.0 Å². The van der Waals surface area contributed by atoms with Gasteiger partial charge in [0, 0.05) is 17.6 Å². The van der Waals surface area contributed by atoms with Gasteiger partial charge in [-0.15, -0.1) is 0 Å².